The van der Waals surface area contributed by atoms with Crippen LogP contribution in [0.15, 0.2) is 61.1 Å². The minimum absolute atomic E-state index is 0.164. The van der Waals surface area contributed by atoms with Crippen molar-refractivity contribution in [3.8, 4) is 11.1 Å². The molecule has 0 atom stereocenters. The molecular weight excluding hydrogens is 392 g/mol. The van der Waals surface area contributed by atoms with Crippen LogP contribution < -0.4 is 10.0 Å². The number of benzene rings is 1. The van der Waals surface area contributed by atoms with Crippen molar-refractivity contribution in [2.75, 3.05) is 16.3 Å². The molecular formula is C19H16N6O3S. The van der Waals surface area contributed by atoms with E-state index >= 15 is 0 Å². The number of nitrogens with zero attached hydrogens (tertiary/aromatic N) is 3. The second kappa shape index (κ2) is 7.32. The Balaban J connectivity index is 1.58. The van der Waals surface area contributed by atoms with Crippen LogP contribution in [0.5, 0.6) is 0 Å². The average molecular weight is 408 g/mol. The van der Waals surface area contributed by atoms with Crippen LogP contribution in [0.1, 0.15) is 10.5 Å². The minimum Gasteiger partial charge on any atom is -0.319 e. The van der Waals surface area contributed by atoms with Gasteiger partial charge in [-0.15, -0.1) is 0 Å². The summed E-state index contributed by atoms with van der Waals surface area (Å²) < 4.78 is 24.7. The minimum atomic E-state index is -3.42. The summed E-state index contributed by atoms with van der Waals surface area (Å²) in [4.78, 5) is 20.8. The standard InChI is InChI=1S/C19H16N6O3S/c1-29(27,28)25-17-7-5-14(11-21-17)22-19(26)18-15-9-12(4-6-16(15)23-24-18)13-3-2-8-20-10-13/h2-11H,1H3,(H,21,25)(H,22,26)(H,23,24). The SMILES string of the molecule is CS(=O)(=O)Nc1ccc(NC(=O)c2n[nH]c3ccc(-c4cccnc4)cc23)cn1. The van der Waals surface area contributed by atoms with E-state index in [-0.39, 0.29) is 11.5 Å². The van der Waals surface area contributed by atoms with E-state index in [0.717, 1.165) is 22.9 Å². The van der Waals surface area contributed by atoms with E-state index < -0.39 is 15.9 Å². The maximum Gasteiger partial charge on any atom is 0.276 e. The number of rotatable bonds is 5. The second-order valence-electron chi connectivity index (χ2n) is 6.33. The Morgan fingerprint density at radius 1 is 1.07 bits per heavy atom. The van der Waals surface area contributed by atoms with Crippen molar-refractivity contribution in [1.82, 2.24) is 20.2 Å². The molecule has 4 aromatic rings. The predicted octanol–water partition coefficient (Wildman–Crippen LogP) is 2.64. The molecule has 3 N–H and O–H groups in total. The second-order valence-corrected chi connectivity index (χ2v) is 8.08. The first kappa shape index (κ1) is 18.6. The van der Waals surface area contributed by atoms with Gasteiger partial charge in [-0.3, -0.25) is 19.6 Å². The lowest BCUT2D eigenvalue weighted by Gasteiger charge is -2.06. The third-order valence-electron chi connectivity index (χ3n) is 4.08. The molecule has 4 rings (SSSR count). The Bertz CT molecular complexity index is 1280. The fourth-order valence-electron chi connectivity index (χ4n) is 2.81. The number of hydrogen-bond acceptors (Lipinski definition) is 6. The molecule has 0 fully saturated rings. The van der Waals surface area contributed by atoms with Gasteiger partial charge in [-0.05, 0) is 35.9 Å². The predicted molar refractivity (Wildman–Crippen MR) is 110 cm³/mol. The van der Waals surface area contributed by atoms with Gasteiger partial charge in [-0.1, -0.05) is 12.1 Å². The number of nitrogens with one attached hydrogen (secondary N) is 3. The number of anilines is 2. The van der Waals surface area contributed by atoms with Crippen molar-refractivity contribution in [3.63, 3.8) is 0 Å². The van der Waals surface area contributed by atoms with Crippen LogP contribution in [0, 0.1) is 0 Å². The van der Waals surface area contributed by atoms with E-state index in [9.17, 15) is 13.2 Å². The summed E-state index contributed by atoms with van der Waals surface area (Å²) >= 11 is 0. The summed E-state index contributed by atoms with van der Waals surface area (Å²) in [5.41, 5.74) is 3.23. The van der Waals surface area contributed by atoms with Crippen LogP contribution in [0.2, 0.25) is 0 Å². The third-order valence-corrected chi connectivity index (χ3v) is 4.66. The molecule has 0 bridgehead atoms. The fourth-order valence-corrected chi connectivity index (χ4v) is 3.31. The number of carbonyl (C=O) groups excluding carboxylic acids is 1. The Labute approximate surface area is 166 Å². The smallest absolute Gasteiger partial charge is 0.276 e. The summed E-state index contributed by atoms with van der Waals surface area (Å²) in [5, 5.41) is 10.4. The van der Waals surface area contributed by atoms with E-state index in [0.29, 0.717) is 11.1 Å². The maximum absolute atomic E-state index is 12.7. The Hall–Kier alpha value is -3.79. The molecule has 9 nitrogen and oxygen atoms in total. The monoisotopic (exact) mass is 408 g/mol. The number of aromatic nitrogens is 4. The molecule has 1 aromatic carbocycles. The Morgan fingerprint density at radius 2 is 1.93 bits per heavy atom. The van der Waals surface area contributed by atoms with Gasteiger partial charge in [0.25, 0.3) is 5.91 Å². The van der Waals surface area contributed by atoms with Crippen LogP contribution in [0.4, 0.5) is 11.5 Å². The highest BCUT2D eigenvalue weighted by Gasteiger charge is 2.15. The molecule has 0 aliphatic carbocycles. The summed E-state index contributed by atoms with van der Waals surface area (Å²) in [6.07, 6.45) is 5.84. The quantitative estimate of drug-likeness (QED) is 0.465. The molecule has 10 heteroatoms. The largest absolute Gasteiger partial charge is 0.319 e. The molecule has 0 aliphatic heterocycles. The van der Waals surface area contributed by atoms with Crippen molar-refractivity contribution >= 4 is 38.3 Å². The van der Waals surface area contributed by atoms with Gasteiger partial charge >= 0.3 is 0 Å². The summed E-state index contributed by atoms with van der Waals surface area (Å²) in [5.74, 6) is -0.248. The number of aromatic amines is 1. The highest BCUT2D eigenvalue weighted by molar-refractivity contribution is 7.92. The van der Waals surface area contributed by atoms with Gasteiger partial charge in [0.2, 0.25) is 10.0 Å². The van der Waals surface area contributed by atoms with Gasteiger partial charge in [-0.25, -0.2) is 13.4 Å². The van der Waals surface area contributed by atoms with Crippen LogP contribution in [-0.2, 0) is 10.0 Å². The number of hydrogen-bond donors (Lipinski definition) is 3. The van der Waals surface area contributed by atoms with E-state index in [1.165, 1.54) is 12.3 Å². The third kappa shape index (κ3) is 4.22. The van der Waals surface area contributed by atoms with E-state index in [2.05, 4.69) is 30.2 Å². The number of sulfonamides is 1. The molecule has 29 heavy (non-hydrogen) atoms. The van der Waals surface area contributed by atoms with E-state index in [4.69, 9.17) is 0 Å². The number of amides is 1. The lowest BCUT2D eigenvalue weighted by molar-refractivity contribution is 0.102. The van der Waals surface area contributed by atoms with Gasteiger partial charge in [0.1, 0.15) is 5.82 Å². The molecule has 0 radical (unpaired) electrons. The number of carbonyl (C=O) groups is 1. The molecule has 0 saturated carbocycles. The van der Waals surface area contributed by atoms with Gasteiger partial charge in [-0.2, -0.15) is 5.10 Å². The zero-order valence-electron chi connectivity index (χ0n) is 15.2. The van der Waals surface area contributed by atoms with E-state index in [1.807, 2.05) is 30.3 Å². The van der Waals surface area contributed by atoms with Gasteiger partial charge < -0.3 is 5.32 Å². The highest BCUT2D eigenvalue weighted by Crippen LogP contribution is 2.25. The molecule has 0 spiro atoms. The van der Waals surface area contributed by atoms with Crippen LogP contribution >= 0.6 is 0 Å². The zero-order valence-corrected chi connectivity index (χ0v) is 16.1. The van der Waals surface area contributed by atoms with Crippen molar-refractivity contribution in [1.29, 1.82) is 0 Å². The van der Waals surface area contributed by atoms with Crippen molar-refractivity contribution in [3.05, 3.63) is 66.7 Å². The molecule has 146 valence electrons. The summed E-state index contributed by atoms with van der Waals surface area (Å²) in [7, 11) is -3.42. The van der Waals surface area contributed by atoms with Crippen LogP contribution in [0.25, 0.3) is 22.0 Å². The Kier molecular flexibility index (Phi) is 4.69. The van der Waals surface area contributed by atoms with Crippen molar-refractivity contribution in [2.45, 2.75) is 0 Å². The zero-order chi connectivity index (χ0) is 20.4. The first-order valence-corrected chi connectivity index (χ1v) is 10.4. The van der Waals surface area contributed by atoms with Crippen LogP contribution in [0.3, 0.4) is 0 Å². The molecule has 0 saturated heterocycles. The lowest BCUT2D eigenvalue weighted by Crippen LogP contribution is -2.14. The van der Waals surface area contributed by atoms with Crippen LogP contribution in [-0.4, -0.2) is 40.7 Å². The van der Waals surface area contributed by atoms with Gasteiger partial charge in [0.05, 0.1) is 23.7 Å². The Morgan fingerprint density at radius 3 is 2.62 bits per heavy atom. The van der Waals surface area contributed by atoms with Gasteiger partial charge in [0.15, 0.2) is 5.69 Å². The number of H-pyrrole nitrogens is 1. The normalized spacial score (nSPS) is 11.3. The molecule has 0 unspecified atom stereocenters. The van der Waals surface area contributed by atoms with E-state index in [1.54, 1.807) is 18.5 Å². The highest BCUT2D eigenvalue weighted by atomic mass is 32.2. The number of pyridine rings is 2. The molecule has 3 aromatic heterocycles. The van der Waals surface area contributed by atoms with Crippen molar-refractivity contribution < 1.29 is 13.2 Å². The number of fused-ring (bicyclic) bond motifs is 1. The fraction of sp³-hybridized carbons (Fsp3) is 0.0526. The molecule has 0 aliphatic rings. The topological polar surface area (TPSA) is 130 Å². The maximum atomic E-state index is 12.7. The van der Waals surface area contributed by atoms with Crippen molar-refractivity contribution in [2.24, 2.45) is 0 Å². The summed E-state index contributed by atoms with van der Waals surface area (Å²) in [6, 6.07) is 12.4. The van der Waals surface area contributed by atoms with Gasteiger partial charge in [0, 0.05) is 23.3 Å². The lowest BCUT2D eigenvalue weighted by atomic mass is 10.0. The molecule has 1 amide bonds. The molecule has 3 heterocycles. The summed E-state index contributed by atoms with van der Waals surface area (Å²) in [6.45, 7) is 0. The first-order valence-electron chi connectivity index (χ1n) is 8.53. The average Bonchev–Trinajstić information content (AvgIpc) is 3.12. The first-order chi connectivity index (χ1) is 13.9.